The Labute approximate surface area is 108 Å². The standard InChI is InChI=1S/C14H22O2S/c1-2-16-14(8-5-3-4-6-9-14)13(15)12-7-10-17-11-12/h7,10-11,13,15H,2-6,8-9H2,1H3. The lowest BCUT2D eigenvalue weighted by molar-refractivity contribution is -0.131. The highest BCUT2D eigenvalue weighted by Crippen LogP contribution is 2.41. The molecule has 1 unspecified atom stereocenters. The van der Waals surface area contributed by atoms with Crippen LogP contribution in [0.4, 0.5) is 0 Å². The molecule has 1 aromatic rings. The number of thiophene rings is 1. The van der Waals surface area contributed by atoms with E-state index in [4.69, 9.17) is 4.74 Å². The van der Waals surface area contributed by atoms with Crippen molar-refractivity contribution in [3.05, 3.63) is 22.4 Å². The maximum Gasteiger partial charge on any atom is 0.109 e. The molecule has 1 atom stereocenters. The number of hydrogen-bond donors (Lipinski definition) is 1. The Morgan fingerprint density at radius 1 is 1.35 bits per heavy atom. The third kappa shape index (κ3) is 2.90. The normalized spacial score (nSPS) is 22.0. The fraction of sp³-hybridized carbons (Fsp3) is 0.714. The first-order chi connectivity index (χ1) is 8.28. The van der Waals surface area contributed by atoms with E-state index in [0.717, 1.165) is 18.4 Å². The molecule has 1 aliphatic rings. The maximum absolute atomic E-state index is 10.6. The predicted molar refractivity (Wildman–Crippen MR) is 71.3 cm³/mol. The molecule has 0 spiro atoms. The van der Waals surface area contributed by atoms with E-state index in [-0.39, 0.29) is 5.60 Å². The van der Waals surface area contributed by atoms with Crippen LogP contribution in [0.25, 0.3) is 0 Å². The Balaban J connectivity index is 2.19. The average molecular weight is 254 g/mol. The molecule has 0 radical (unpaired) electrons. The van der Waals surface area contributed by atoms with Crippen LogP contribution in [0.2, 0.25) is 0 Å². The Kier molecular flexibility index (Phi) is 4.60. The van der Waals surface area contributed by atoms with Gasteiger partial charge in [0.2, 0.25) is 0 Å². The van der Waals surface area contributed by atoms with Gasteiger partial charge in [0.05, 0.1) is 5.60 Å². The lowest BCUT2D eigenvalue weighted by atomic mass is 9.85. The van der Waals surface area contributed by atoms with Crippen LogP contribution < -0.4 is 0 Å². The second-order valence-corrected chi connectivity index (χ2v) is 5.65. The van der Waals surface area contributed by atoms with E-state index in [1.807, 2.05) is 23.8 Å². The molecule has 96 valence electrons. The number of rotatable bonds is 4. The third-order valence-corrected chi connectivity index (χ3v) is 4.44. The molecule has 1 saturated carbocycles. The third-order valence-electron chi connectivity index (χ3n) is 3.74. The lowest BCUT2D eigenvalue weighted by Crippen LogP contribution is -2.39. The van der Waals surface area contributed by atoms with E-state index in [9.17, 15) is 5.11 Å². The summed E-state index contributed by atoms with van der Waals surface area (Å²) in [7, 11) is 0. The SMILES string of the molecule is CCOC1(C(O)c2ccsc2)CCCCCC1. The van der Waals surface area contributed by atoms with Crippen LogP contribution in [0, 0.1) is 0 Å². The van der Waals surface area contributed by atoms with Gasteiger partial charge in [0, 0.05) is 6.61 Å². The fourth-order valence-electron chi connectivity index (χ4n) is 2.85. The summed E-state index contributed by atoms with van der Waals surface area (Å²) in [5.74, 6) is 0. The first kappa shape index (κ1) is 13.1. The van der Waals surface area contributed by atoms with Crippen LogP contribution >= 0.6 is 11.3 Å². The van der Waals surface area contributed by atoms with Gasteiger partial charge in [0.15, 0.2) is 0 Å². The van der Waals surface area contributed by atoms with E-state index in [2.05, 4.69) is 0 Å². The van der Waals surface area contributed by atoms with Crippen LogP contribution in [0.1, 0.15) is 57.1 Å². The molecule has 1 N–H and O–H groups in total. The summed E-state index contributed by atoms with van der Waals surface area (Å²) in [6.07, 6.45) is 6.38. The molecule has 0 amide bonds. The molecular formula is C14H22O2S. The van der Waals surface area contributed by atoms with Gasteiger partial charge in [-0.25, -0.2) is 0 Å². The van der Waals surface area contributed by atoms with Crippen LogP contribution in [0.3, 0.4) is 0 Å². The van der Waals surface area contributed by atoms with Crippen molar-refractivity contribution < 1.29 is 9.84 Å². The molecular weight excluding hydrogens is 232 g/mol. The zero-order valence-corrected chi connectivity index (χ0v) is 11.3. The van der Waals surface area contributed by atoms with E-state index in [0.29, 0.717) is 6.61 Å². The van der Waals surface area contributed by atoms with Crippen molar-refractivity contribution in [3.63, 3.8) is 0 Å². The van der Waals surface area contributed by atoms with Gasteiger partial charge in [-0.3, -0.25) is 0 Å². The summed E-state index contributed by atoms with van der Waals surface area (Å²) < 4.78 is 5.99. The quantitative estimate of drug-likeness (QED) is 0.825. The highest BCUT2D eigenvalue weighted by atomic mass is 32.1. The van der Waals surface area contributed by atoms with Crippen LogP contribution in [-0.4, -0.2) is 17.3 Å². The zero-order valence-electron chi connectivity index (χ0n) is 10.5. The van der Waals surface area contributed by atoms with Crippen molar-refractivity contribution in [2.45, 2.75) is 57.2 Å². The maximum atomic E-state index is 10.6. The van der Waals surface area contributed by atoms with Gasteiger partial charge >= 0.3 is 0 Å². The molecule has 0 aliphatic heterocycles. The average Bonchev–Trinajstić information content (AvgIpc) is 2.76. The predicted octanol–water partition coefficient (Wildman–Crippen LogP) is 3.91. The zero-order chi connectivity index (χ0) is 12.1. The van der Waals surface area contributed by atoms with Crippen molar-refractivity contribution in [3.8, 4) is 0 Å². The molecule has 2 nitrogen and oxygen atoms in total. The van der Waals surface area contributed by atoms with Gasteiger partial charge in [0.25, 0.3) is 0 Å². The number of ether oxygens (including phenoxy) is 1. The summed E-state index contributed by atoms with van der Waals surface area (Å²) >= 11 is 1.64. The van der Waals surface area contributed by atoms with Crippen LogP contribution in [0.5, 0.6) is 0 Å². The summed E-state index contributed by atoms with van der Waals surface area (Å²) in [6.45, 7) is 2.70. The van der Waals surface area contributed by atoms with Gasteiger partial charge in [-0.15, -0.1) is 0 Å². The van der Waals surface area contributed by atoms with Crippen molar-refractivity contribution in [1.29, 1.82) is 0 Å². The fourth-order valence-corrected chi connectivity index (χ4v) is 3.52. The van der Waals surface area contributed by atoms with Crippen LogP contribution in [0.15, 0.2) is 16.8 Å². The minimum absolute atomic E-state index is 0.341. The van der Waals surface area contributed by atoms with Crippen molar-refractivity contribution in [2.24, 2.45) is 0 Å². The molecule has 1 fully saturated rings. The van der Waals surface area contributed by atoms with Crippen molar-refractivity contribution >= 4 is 11.3 Å². The summed E-state index contributed by atoms with van der Waals surface area (Å²) in [5, 5.41) is 14.7. The number of aliphatic hydroxyl groups excluding tert-OH is 1. The van der Waals surface area contributed by atoms with Gasteiger partial charge in [-0.1, -0.05) is 25.7 Å². The number of hydrogen-bond acceptors (Lipinski definition) is 3. The molecule has 0 aromatic carbocycles. The molecule has 17 heavy (non-hydrogen) atoms. The Hall–Kier alpha value is -0.380. The topological polar surface area (TPSA) is 29.5 Å². The highest BCUT2D eigenvalue weighted by Gasteiger charge is 2.39. The van der Waals surface area contributed by atoms with Crippen molar-refractivity contribution in [1.82, 2.24) is 0 Å². The molecule has 0 saturated heterocycles. The van der Waals surface area contributed by atoms with E-state index < -0.39 is 6.10 Å². The highest BCUT2D eigenvalue weighted by molar-refractivity contribution is 7.07. The van der Waals surface area contributed by atoms with E-state index in [1.54, 1.807) is 11.3 Å². The Bertz CT molecular complexity index is 313. The second-order valence-electron chi connectivity index (χ2n) is 4.87. The smallest absolute Gasteiger partial charge is 0.109 e. The first-order valence-electron chi connectivity index (χ1n) is 6.62. The minimum Gasteiger partial charge on any atom is -0.385 e. The molecule has 1 aliphatic carbocycles. The van der Waals surface area contributed by atoms with Gasteiger partial charge in [-0.2, -0.15) is 11.3 Å². The Morgan fingerprint density at radius 3 is 2.59 bits per heavy atom. The molecule has 0 bridgehead atoms. The monoisotopic (exact) mass is 254 g/mol. The minimum atomic E-state index is -0.466. The molecule has 2 rings (SSSR count). The first-order valence-corrected chi connectivity index (χ1v) is 7.57. The number of aliphatic hydroxyl groups is 1. The largest absolute Gasteiger partial charge is 0.385 e. The molecule has 1 heterocycles. The van der Waals surface area contributed by atoms with Gasteiger partial charge < -0.3 is 9.84 Å². The molecule has 1 aromatic heterocycles. The van der Waals surface area contributed by atoms with Crippen molar-refractivity contribution in [2.75, 3.05) is 6.61 Å². The molecule has 3 heteroatoms. The van der Waals surface area contributed by atoms with Crippen LogP contribution in [-0.2, 0) is 4.74 Å². The summed E-state index contributed by atoms with van der Waals surface area (Å²) in [5.41, 5.74) is 0.678. The van der Waals surface area contributed by atoms with Gasteiger partial charge in [0.1, 0.15) is 6.10 Å². The second kappa shape index (κ2) is 5.98. The van der Waals surface area contributed by atoms with E-state index >= 15 is 0 Å². The Morgan fingerprint density at radius 2 is 2.06 bits per heavy atom. The summed E-state index contributed by atoms with van der Waals surface area (Å²) in [6, 6.07) is 2.01. The summed E-state index contributed by atoms with van der Waals surface area (Å²) in [4.78, 5) is 0. The van der Waals surface area contributed by atoms with E-state index in [1.165, 1.54) is 25.7 Å². The lowest BCUT2D eigenvalue weighted by Gasteiger charge is -2.37. The van der Waals surface area contributed by atoms with Gasteiger partial charge in [-0.05, 0) is 42.2 Å².